The van der Waals surface area contributed by atoms with Gasteiger partial charge in [0, 0.05) is 25.7 Å². The van der Waals surface area contributed by atoms with Crippen molar-refractivity contribution in [1.82, 2.24) is 5.32 Å². The van der Waals surface area contributed by atoms with Crippen LogP contribution in [0.3, 0.4) is 0 Å². The largest absolute Gasteiger partial charge is 0.341 e. The lowest BCUT2D eigenvalue weighted by Crippen LogP contribution is -2.25. The van der Waals surface area contributed by atoms with Gasteiger partial charge in [0.2, 0.25) is 0 Å². The lowest BCUT2D eigenvalue weighted by atomic mass is 10.2. The summed E-state index contributed by atoms with van der Waals surface area (Å²) in [5, 5.41) is 11.2. The molecule has 6 nitrogen and oxygen atoms in total. The van der Waals surface area contributed by atoms with Gasteiger partial charge in [0.1, 0.15) is 0 Å². The summed E-state index contributed by atoms with van der Waals surface area (Å²) in [6, 6.07) is 6.88. The van der Waals surface area contributed by atoms with E-state index < -0.39 is 0 Å². The first-order valence-electron chi connectivity index (χ1n) is 5.91. The summed E-state index contributed by atoms with van der Waals surface area (Å²) in [7, 11) is 3.17. The highest BCUT2D eigenvalue weighted by Gasteiger charge is 2.10. The minimum atomic E-state index is -0.291. The lowest BCUT2D eigenvalue weighted by molar-refractivity contribution is 0.254. The van der Waals surface area contributed by atoms with Gasteiger partial charge in [-0.2, -0.15) is 0 Å². The van der Waals surface area contributed by atoms with Crippen LogP contribution >= 0.6 is 12.6 Å². The molecule has 0 unspecified atom stereocenters. The molecule has 0 heterocycles. The second-order valence-corrected chi connectivity index (χ2v) is 4.01. The summed E-state index contributed by atoms with van der Waals surface area (Å²) < 4.78 is 0. The van der Waals surface area contributed by atoms with Crippen LogP contribution in [-0.4, -0.2) is 31.2 Å². The molecule has 0 saturated heterocycles. The second kappa shape index (κ2) is 8.04. The van der Waals surface area contributed by atoms with Gasteiger partial charge in [0.25, 0.3) is 0 Å². The number of amidine groups is 1. The minimum Gasteiger partial charge on any atom is -0.341 e. The number of benzene rings is 1. The van der Waals surface area contributed by atoms with Gasteiger partial charge < -0.3 is 10.6 Å². The fourth-order valence-electron chi connectivity index (χ4n) is 1.34. The lowest BCUT2D eigenvalue weighted by Gasteiger charge is -2.17. The van der Waals surface area contributed by atoms with E-state index in [4.69, 9.17) is 0 Å². The maximum atomic E-state index is 11.3. The molecule has 0 aliphatic carbocycles. The van der Waals surface area contributed by atoms with Crippen LogP contribution in [0.2, 0.25) is 0 Å². The van der Waals surface area contributed by atoms with Crippen LogP contribution in [0.4, 0.5) is 16.2 Å². The van der Waals surface area contributed by atoms with E-state index in [1.165, 1.54) is 5.01 Å². The molecular weight excluding hydrogens is 274 g/mol. The number of rotatable bonds is 3. The number of hydrogen-bond acceptors (Lipinski definition) is 3. The van der Waals surface area contributed by atoms with Crippen LogP contribution in [0.25, 0.3) is 0 Å². The molecule has 106 valence electrons. The molecule has 20 heavy (non-hydrogen) atoms. The Morgan fingerprint density at radius 1 is 1.50 bits per heavy atom. The van der Waals surface area contributed by atoms with Gasteiger partial charge in [-0.25, -0.2) is 9.80 Å². The maximum absolute atomic E-state index is 11.3. The Morgan fingerprint density at radius 3 is 2.85 bits per heavy atom. The smallest absolute Gasteiger partial charge is 0.318 e. The summed E-state index contributed by atoms with van der Waals surface area (Å²) in [5.41, 5.74) is 1.35. The quantitative estimate of drug-likeness (QED) is 0.346. The monoisotopic (exact) mass is 291 g/mol. The van der Waals surface area contributed by atoms with E-state index >= 15 is 0 Å². The van der Waals surface area contributed by atoms with Crippen molar-refractivity contribution in [3.63, 3.8) is 0 Å². The third-order valence-corrected chi connectivity index (χ3v) is 2.64. The average molecular weight is 291 g/mol. The van der Waals surface area contributed by atoms with E-state index in [9.17, 15) is 4.79 Å². The number of thiol groups is 1. The van der Waals surface area contributed by atoms with Crippen molar-refractivity contribution in [3.8, 4) is 0 Å². The van der Waals surface area contributed by atoms with Crippen molar-refractivity contribution in [1.29, 1.82) is 0 Å². The molecule has 0 spiro atoms. The molecule has 0 aliphatic heterocycles. The zero-order valence-corrected chi connectivity index (χ0v) is 12.5. The van der Waals surface area contributed by atoms with Crippen molar-refractivity contribution in [2.24, 2.45) is 10.1 Å². The number of hydrogen-bond donors (Lipinski definition) is 3. The first-order chi connectivity index (χ1) is 9.62. The molecule has 0 atom stereocenters. The summed E-state index contributed by atoms with van der Waals surface area (Å²) in [4.78, 5) is 15.3. The Kier molecular flexibility index (Phi) is 6.36. The summed E-state index contributed by atoms with van der Waals surface area (Å²) in [5.74, 6) is 2.73. The number of nitrogens with zero attached hydrogens (tertiary/aromatic N) is 3. The van der Waals surface area contributed by atoms with Crippen LogP contribution in [-0.2, 0) is 0 Å². The summed E-state index contributed by atoms with van der Waals surface area (Å²) >= 11 is 4.26. The van der Waals surface area contributed by atoms with Crippen molar-refractivity contribution in [2.45, 2.75) is 6.92 Å². The van der Waals surface area contributed by atoms with Gasteiger partial charge in [-0.05, 0) is 31.2 Å². The number of allylic oxidation sites excluding steroid dienone is 1. The van der Waals surface area contributed by atoms with E-state index in [1.807, 2.05) is 13.0 Å². The van der Waals surface area contributed by atoms with Crippen LogP contribution in [0.1, 0.15) is 6.92 Å². The first-order valence-corrected chi connectivity index (χ1v) is 6.35. The number of hydrazone groups is 1. The fraction of sp³-hybridized carbons (Fsp3) is 0.231. The van der Waals surface area contributed by atoms with Crippen LogP contribution in [0, 0.1) is 0 Å². The molecule has 7 heteroatoms. The Labute approximate surface area is 123 Å². The molecule has 1 aromatic rings. The predicted octanol–water partition coefficient (Wildman–Crippen LogP) is 2.32. The van der Waals surface area contributed by atoms with Crippen molar-refractivity contribution < 1.29 is 4.79 Å². The van der Waals surface area contributed by atoms with Crippen LogP contribution in [0.15, 0.2) is 40.4 Å². The van der Waals surface area contributed by atoms with Gasteiger partial charge in [-0.15, -0.1) is 17.7 Å². The SMILES string of the molecule is CC=C=NN(/C(S)=N\C)c1cccc(NC(=O)NC)c1. The Hall–Kier alpha value is -2.24. The van der Waals surface area contributed by atoms with Gasteiger partial charge in [-0.3, -0.25) is 4.99 Å². The summed E-state index contributed by atoms with van der Waals surface area (Å²) in [6.07, 6.45) is 1.68. The predicted molar refractivity (Wildman–Crippen MR) is 87.0 cm³/mol. The van der Waals surface area contributed by atoms with Crippen molar-refractivity contribution >= 4 is 41.1 Å². The van der Waals surface area contributed by atoms with E-state index in [0.717, 1.165) is 0 Å². The molecular formula is C13H17N5OS. The number of aliphatic imine (C=N–C) groups is 1. The molecule has 1 rings (SSSR count). The third kappa shape index (κ3) is 4.46. The second-order valence-electron chi connectivity index (χ2n) is 3.61. The highest BCUT2D eigenvalue weighted by Crippen LogP contribution is 2.21. The van der Waals surface area contributed by atoms with Crippen molar-refractivity contribution in [3.05, 3.63) is 30.3 Å². The normalized spacial score (nSPS) is 10.3. The van der Waals surface area contributed by atoms with Gasteiger partial charge >= 0.3 is 6.03 Å². The topological polar surface area (TPSA) is 69.1 Å². The zero-order chi connectivity index (χ0) is 15.0. The Morgan fingerprint density at radius 2 is 2.25 bits per heavy atom. The maximum Gasteiger partial charge on any atom is 0.318 e. The number of carbonyl (C=O) groups is 1. The fourth-order valence-corrected chi connectivity index (χ4v) is 1.50. The van der Waals surface area contributed by atoms with Gasteiger partial charge in [-0.1, -0.05) is 6.07 Å². The highest BCUT2D eigenvalue weighted by molar-refractivity contribution is 7.97. The molecule has 2 amide bonds. The molecule has 0 aromatic heterocycles. The van der Waals surface area contributed by atoms with E-state index in [1.54, 1.807) is 38.4 Å². The third-order valence-electron chi connectivity index (χ3n) is 2.25. The van der Waals surface area contributed by atoms with Crippen LogP contribution in [0.5, 0.6) is 0 Å². The zero-order valence-electron chi connectivity index (χ0n) is 11.6. The number of carbonyl (C=O) groups excluding carboxylic acids is 1. The minimum absolute atomic E-state index is 0.291. The molecule has 0 bridgehead atoms. The highest BCUT2D eigenvalue weighted by atomic mass is 32.1. The van der Waals surface area contributed by atoms with E-state index in [-0.39, 0.29) is 6.03 Å². The molecule has 0 aliphatic rings. The van der Waals surface area contributed by atoms with E-state index in [2.05, 4.69) is 39.2 Å². The molecule has 0 radical (unpaired) electrons. The number of anilines is 2. The van der Waals surface area contributed by atoms with Gasteiger partial charge in [0.15, 0.2) is 5.17 Å². The van der Waals surface area contributed by atoms with E-state index in [0.29, 0.717) is 16.5 Å². The number of amides is 2. The molecule has 0 saturated carbocycles. The van der Waals surface area contributed by atoms with Gasteiger partial charge in [0.05, 0.1) is 5.69 Å². The molecule has 2 N–H and O–H groups in total. The summed E-state index contributed by atoms with van der Waals surface area (Å²) in [6.45, 7) is 1.81. The Bertz CT molecular complexity index is 564. The number of urea groups is 1. The van der Waals surface area contributed by atoms with Crippen molar-refractivity contribution in [2.75, 3.05) is 24.4 Å². The Balaban J connectivity index is 3.11. The molecule has 0 fully saturated rings. The average Bonchev–Trinajstić information content (AvgIpc) is 2.47. The molecule has 1 aromatic carbocycles. The first kappa shape index (κ1) is 15.8. The van der Waals surface area contributed by atoms with Crippen LogP contribution < -0.4 is 15.6 Å². The number of nitrogens with one attached hydrogen (secondary N) is 2. The standard InChI is InChI=1S/C13H17N5OS/c1-4-8-16-18(13(20)15-3)11-7-5-6-10(9-11)17-12(19)14-2/h4-7,9H,1-3H3,(H,15,20)(H2,14,17,19).